The highest BCUT2D eigenvalue weighted by Crippen LogP contribution is 2.24. The molecule has 2 aromatic heterocycles. The number of nitrogens with zero attached hydrogens (tertiary/aromatic N) is 3. The molecule has 3 rings (SSSR count). The number of aromatic nitrogens is 3. The molecule has 0 aliphatic heterocycles. The second-order valence-corrected chi connectivity index (χ2v) is 4.15. The standard InChI is InChI=1S/C14H14N4/c1-2-18-13(10-5-7-11(15)8-6-10)17-12-4-3-9-16-14(12)18/h3-9H,2,15H2,1H3. The van der Waals surface area contributed by atoms with Crippen molar-refractivity contribution in [2.75, 3.05) is 5.73 Å². The molecule has 2 N–H and O–H groups in total. The average molecular weight is 238 g/mol. The molecule has 0 atom stereocenters. The van der Waals surface area contributed by atoms with Crippen molar-refractivity contribution in [2.24, 2.45) is 0 Å². The Morgan fingerprint density at radius 3 is 2.67 bits per heavy atom. The number of rotatable bonds is 2. The molecule has 18 heavy (non-hydrogen) atoms. The van der Waals surface area contributed by atoms with E-state index in [-0.39, 0.29) is 0 Å². The van der Waals surface area contributed by atoms with Gasteiger partial charge in [-0.3, -0.25) is 0 Å². The molecule has 0 saturated carbocycles. The van der Waals surface area contributed by atoms with E-state index in [1.165, 1.54) is 0 Å². The van der Waals surface area contributed by atoms with Crippen LogP contribution in [-0.4, -0.2) is 14.5 Å². The second-order valence-electron chi connectivity index (χ2n) is 4.15. The number of nitrogens with two attached hydrogens (primary N) is 1. The van der Waals surface area contributed by atoms with Crippen molar-refractivity contribution in [2.45, 2.75) is 13.5 Å². The number of hydrogen-bond donors (Lipinski definition) is 1. The molecular weight excluding hydrogens is 224 g/mol. The smallest absolute Gasteiger partial charge is 0.160 e. The van der Waals surface area contributed by atoms with Crippen molar-refractivity contribution in [1.82, 2.24) is 14.5 Å². The third-order valence-corrected chi connectivity index (χ3v) is 2.99. The van der Waals surface area contributed by atoms with E-state index in [2.05, 4.69) is 21.5 Å². The third kappa shape index (κ3) is 1.62. The Hall–Kier alpha value is -2.36. The normalized spacial score (nSPS) is 10.9. The molecule has 2 heterocycles. The molecule has 0 amide bonds. The summed E-state index contributed by atoms with van der Waals surface area (Å²) in [4.78, 5) is 9.03. The van der Waals surface area contributed by atoms with E-state index in [4.69, 9.17) is 5.73 Å². The molecule has 0 unspecified atom stereocenters. The first kappa shape index (κ1) is 10.8. The fraction of sp³-hybridized carbons (Fsp3) is 0.143. The highest BCUT2D eigenvalue weighted by molar-refractivity contribution is 5.77. The number of pyridine rings is 1. The first-order valence-corrected chi connectivity index (χ1v) is 5.96. The van der Waals surface area contributed by atoms with Crippen molar-refractivity contribution < 1.29 is 0 Å². The lowest BCUT2D eigenvalue weighted by molar-refractivity contribution is 0.787. The average Bonchev–Trinajstić information content (AvgIpc) is 2.78. The molecule has 0 aliphatic rings. The number of aryl methyl sites for hydroxylation is 1. The van der Waals surface area contributed by atoms with E-state index >= 15 is 0 Å². The minimum absolute atomic E-state index is 0.760. The third-order valence-electron chi connectivity index (χ3n) is 2.99. The fourth-order valence-corrected chi connectivity index (χ4v) is 2.11. The molecule has 0 spiro atoms. The molecule has 0 saturated heterocycles. The zero-order valence-corrected chi connectivity index (χ0v) is 10.2. The van der Waals surface area contributed by atoms with Crippen LogP contribution >= 0.6 is 0 Å². The van der Waals surface area contributed by atoms with Gasteiger partial charge in [0.2, 0.25) is 0 Å². The summed E-state index contributed by atoms with van der Waals surface area (Å²) in [7, 11) is 0. The van der Waals surface area contributed by atoms with Gasteiger partial charge in [-0.1, -0.05) is 0 Å². The van der Waals surface area contributed by atoms with Gasteiger partial charge in [-0.25, -0.2) is 9.97 Å². The molecule has 3 aromatic rings. The number of benzene rings is 1. The lowest BCUT2D eigenvalue weighted by Crippen LogP contribution is -1.98. The van der Waals surface area contributed by atoms with Crippen LogP contribution in [0.5, 0.6) is 0 Å². The fourth-order valence-electron chi connectivity index (χ4n) is 2.11. The van der Waals surface area contributed by atoms with Crippen LogP contribution in [0.25, 0.3) is 22.6 Å². The number of anilines is 1. The van der Waals surface area contributed by atoms with Gasteiger partial charge in [0.25, 0.3) is 0 Å². The van der Waals surface area contributed by atoms with Gasteiger partial charge in [-0.2, -0.15) is 0 Å². The molecule has 0 aliphatic carbocycles. The quantitative estimate of drug-likeness (QED) is 0.698. The lowest BCUT2D eigenvalue weighted by Gasteiger charge is -2.05. The minimum atomic E-state index is 0.760. The van der Waals surface area contributed by atoms with Crippen molar-refractivity contribution >= 4 is 16.9 Å². The SMILES string of the molecule is CCn1c(-c2ccc(N)cc2)nc2cccnc21. The van der Waals surface area contributed by atoms with Crippen molar-refractivity contribution in [3.8, 4) is 11.4 Å². The molecule has 0 fully saturated rings. The van der Waals surface area contributed by atoms with E-state index in [1.54, 1.807) is 6.20 Å². The van der Waals surface area contributed by atoms with Crippen LogP contribution in [0.4, 0.5) is 5.69 Å². The first-order valence-electron chi connectivity index (χ1n) is 5.96. The maximum Gasteiger partial charge on any atom is 0.160 e. The topological polar surface area (TPSA) is 56.7 Å². The predicted octanol–water partition coefficient (Wildman–Crippen LogP) is 2.70. The van der Waals surface area contributed by atoms with E-state index in [0.29, 0.717) is 0 Å². The molecule has 90 valence electrons. The Morgan fingerprint density at radius 2 is 1.94 bits per heavy atom. The molecular formula is C14H14N4. The van der Waals surface area contributed by atoms with Gasteiger partial charge in [-0.15, -0.1) is 0 Å². The summed E-state index contributed by atoms with van der Waals surface area (Å²) in [6.45, 7) is 2.93. The maximum absolute atomic E-state index is 5.71. The van der Waals surface area contributed by atoms with Gasteiger partial charge in [-0.05, 0) is 43.3 Å². The summed E-state index contributed by atoms with van der Waals surface area (Å²) in [5.41, 5.74) is 9.38. The van der Waals surface area contributed by atoms with Gasteiger partial charge < -0.3 is 10.3 Å². The van der Waals surface area contributed by atoms with Crippen LogP contribution < -0.4 is 5.73 Å². The molecule has 4 heteroatoms. The molecule has 0 bridgehead atoms. The lowest BCUT2D eigenvalue weighted by atomic mass is 10.2. The zero-order valence-electron chi connectivity index (χ0n) is 10.2. The number of imidazole rings is 1. The molecule has 4 nitrogen and oxygen atoms in total. The van der Waals surface area contributed by atoms with Gasteiger partial charge >= 0.3 is 0 Å². The van der Waals surface area contributed by atoms with Crippen LogP contribution in [0, 0.1) is 0 Å². The summed E-state index contributed by atoms with van der Waals surface area (Å²) in [6, 6.07) is 11.6. The number of fused-ring (bicyclic) bond motifs is 1. The van der Waals surface area contributed by atoms with Crippen molar-refractivity contribution in [3.05, 3.63) is 42.6 Å². The van der Waals surface area contributed by atoms with E-state index in [1.807, 2.05) is 36.4 Å². The zero-order chi connectivity index (χ0) is 12.5. The second kappa shape index (κ2) is 4.14. The Morgan fingerprint density at radius 1 is 1.17 bits per heavy atom. The van der Waals surface area contributed by atoms with Crippen molar-refractivity contribution in [1.29, 1.82) is 0 Å². The predicted molar refractivity (Wildman–Crippen MR) is 73.1 cm³/mol. The monoisotopic (exact) mass is 238 g/mol. The van der Waals surface area contributed by atoms with Crippen LogP contribution in [0.2, 0.25) is 0 Å². The van der Waals surface area contributed by atoms with Crippen LogP contribution in [-0.2, 0) is 6.54 Å². The Balaban J connectivity index is 2.25. The molecule has 0 radical (unpaired) electrons. The van der Waals surface area contributed by atoms with Gasteiger partial charge in [0.15, 0.2) is 5.65 Å². The Bertz CT molecular complexity index is 683. The van der Waals surface area contributed by atoms with E-state index in [9.17, 15) is 0 Å². The summed E-state index contributed by atoms with van der Waals surface area (Å²) in [5.74, 6) is 0.936. The van der Waals surface area contributed by atoms with Gasteiger partial charge in [0.05, 0.1) is 0 Å². The van der Waals surface area contributed by atoms with Crippen molar-refractivity contribution in [3.63, 3.8) is 0 Å². The summed E-state index contributed by atoms with van der Waals surface area (Å²) < 4.78 is 2.11. The summed E-state index contributed by atoms with van der Waals surface area (Å²) in [6.07, 6.45) is 1.79. The maximum atomic E-state index is 5.71. The highest BCUT2D eigenvalue weighted by atomic mass is 15.1. The highest BCUT2D eigenvalue weighted by Gasteiger charge is 2.11. The largest absolute Gasteiger partial charge is 0.399 e. The van der Waals surface area contributed by atoms with Gasteiger partial charge in [0, 0.05) is 24.0 Å². The first-order chi connectivity index (χ1) is 8.79. The number of hydrogen-bond acceptors (Lipinski definition) is 3. The Labute approximate surface area is 105 Å². The minimum Gasteiger partial charge on any atom is -0.399 e. The molecule has 1 aromatic carbocycles. The number of nitrogen functional groups attached to an aromatic ring is 1. The van der Waals surface area contributed by atoms with Crippen LogP contribution in [0.1, 0.15) is 6.92 Å². The summed E-state index contributed by atoms with van der Waals surface area (Å²) in [5, 5.41) is 0. The Kier molecular flexibility index (Phi) is 2.48. The van der Waals surface area contributed by atoms with Crippen LogP contribution in [0.15, 0.2) is 42.6 Å². The van der Waals surface area contributed by atoms with Gasteiger partial charge in [0.1, 0.15) is 11.3 Å². The van der Waals surface area contributed by atoms with E-state index in [0.717, 1.165) is 34.8 Å². The van der Waals surface area contributed by atoms with Crippen LogP contribution in [0.3, 0.4) is 0 Å². The van der Waals surface area contributed by atoms with E-state index < -0.39 is 0 Å². The summed E-state index contributed by atoms with van der Waals surface area (Å²) >= 11 is 0.